The fourth-order valence-electron chi connectivity index (χ4n) is 3.37. The van der Waals surface area contributed by atoms with Gasteiger partial charge in [0.1, 0.15) is 24.3 Å². The normalized spacial score (nSPS) is 26.2. The highest BCUT2D eigenvalue weighted by Gasteiger charge is 2.60. The zero-order valence-electron chi connectivity index (χ0n) is 13.1. The second-order valence-electron chi connectivity index (χ2n) is 5.90. The predicted octanol–water partition coefficient (Wildman–Crippen LogP) is 0.611. The molecule has 2 aliphatic heterocycles. The zero-order chi connectivity index (χ0) is 17.6. The maximum Gasteiger partial charge on any atom is 0.265 e. The number of carbonyl (C=O) groups is 3. The first kappa shape index (κ1) is 15.6. The van der Waals surface area contributed by atoms with Gasteiger partial charge >= 0.3 is 0 Å². The van der Waals surface area contributed by atoms with Crippen molar-refractivity contribution in [1.29, 1.82) is 0 Å². The molecule has 3 unspecified atom stereocenters. The molecule has 8 heteroatoms. The van der Waals surface area contributed by atoms with Crippen LogP contribution in [0.25, 0.3) is 0 Å². The lowest BCUT2D eigenvalue weighted by atomic mass is 9.95. The fourth-order valence-corrected chi connectivity index (χ4v) is 3.37. The van der Waals surface area contributed by atoms with Gasteiger partial charge in [-0.05, 0) is 24.3 Å². The lowest BCUT2D eigenvalue weighted by Gasteiger charge is -2.24. The average molecular weight is 341 g/mol. The SMILES string of the molecule is NC(=O)CN1OC2C(=O)N(c3ccccc3)C(=O)C2C1c1ccco1. The highest BCUT2D eigenvalue weighted by molar-refractivity contribution is 6.23. The summed E-state index contributed by atoms with van der Waals surface area (Å²) < 4.78 is 5.41. The van der Waals surface area contributed by atoms with E-state index in [-0.39, 0.29) is 6.54 Å². The molecule has 3 atom stereocenters. The van der Waals surface area contributed by atoms with Crippen molar-refractivity contribution in [3.05, 3.63) is 54.5 Å². The first-order valence-electron chi connectivity index (χ1n) is 7.76. The van der Waals surface area contributed by atoms with Crippen molar-refractivity contribution < 1.29 is 23.6 Å². The molecule has 0 aliphatic carbocycles. The van der Waals surface area contributed by atoms with Crippen LogP contribution < -0.4 is 10.6 Å². The van der Waals surface area contributed by atoms with Crippen molar-refractivity contribution in [1.82, 2.24) is 5.06 Å². The number of hydrogen-bond acceptors (Lipinski definition) is 6. The van der Waals surface area contributed by atoms with Crippen LogP contribution in [0.1, 0.15) is 11.8 Å². The summed E-state index contributed by atoms with van der Waals surface area (Å²) in [7, 11) is 0. The molecule has 0 spiro atoms. The number of amides is 3. The van der Waals surface area contributed by atoms with Gasteiger partial charge in [-0.3, -0.25) is 19.2 Å². The first-order chi connectivity index (χ1) is 12.1. The molecule has 2 saturated heterocycles. The van der Waals surface area contributed by atoms with Crippen LogP contribution in [0.3, 0.4) is 0 Å². The van der Waals surface area contributed by atoms with Gasteiger partial charge < -0.3 is 10.2 Å². The highest BCUT2D eigenvalue weighted by Crippen LogP contribution is 2.45. The van der Waals surface area contributed by atoms with Crippen LogP contribution in [-0.4, -0.2) is 35.4 Å². The summed E-state index contributed by atoms with van der Waals surface area (Å²) in [6.45, 7) is -0.246. The smallest absolute Gasteiger partial charge is 0.265 e. The van der Waals surface area contributed by atoms with Crippen molar-refractivity contribution in [2.45, 2.75) is 12.1 Å². The van der Waals surface area contributed by atoms with E-state index in [1.165, 1.54) is 11.3 Å². The van der Waals surface area contributed by atoms with Crippen LogP contribution in [0.5, 0.6) is 0 Å². The highest BCUT2D eigenvalue weighted by atomic mass is 16.7. The number of hydroxylamine groups is 2. The number of fused-ring (bicyclic) bond motifs is 1. The Bertz CT molecular complexity index is 820. The molecule has 8 nitrogen and oxygen atoms in total. The topological polar surface area (TPSA) is 106 Å². The molecule has 2 aromatic rings. The number of hydrogen-bond donors (Lipinski definition) is 1. The second-order valence-corrected chi connectivity index (χ2v) is 5.90. The van der Waals surface area contributed by atoms with E-state index in [0.717, 1.165) is 4.90 Å². The monoisotopic (exact) mass is 341 g/mol. The van der Waals surface area contributed by atoms with Crippen LogP contribution in [0.4, 0.5) is 5.69 Å². The third-order valence-electron chi connectivity index (χ3n) is 4.36. The molecule has 2 N–H and O–H groups in total. The maximum atomic E-state index is 13.0. The molecule has 25 heavy (non-hydrogen) atoms. The predicted molar refractivity (Wildman–Crippen MR) is 84.6 cm³/mol. The summed E-state index contributed by atoms with van der Waals surface area (Å²) in [5.74, 6) is -1.86. The maximum absolute atomic E-state index is 13.0. The number of nitrogens with two attached hydrogens (primary N) is 1. The van der Waals surface area contributed by atoms with Crippen molar-refractivity contribution in [3.8, 4) is 0 Å². The minimum Gasteiger partial charge on any atom is -0.468 e. The van der Waals surface area contributed by atoms with Gasteiger partial charge in [0.05, 0.1) is 12.0 Å². The largest absolute Gasteiger partial charge is 0.468 e. The minimum atomic E-state index is -1.01. The molecule has 0 bridgehead atoms. The lowest BCUT2D eigenvalue weighted by Crippen LogP contribution is -2.40. The zero-order valence-corrected chi connectivity index (χ0v) is 13.1. The summed E-state index contributed by atoms with van der Waals surface area (Å²) in [5.41, 5.74) is 5.74. The Morgan fingerprint density at radius 1 is 1.08 bits per heavy atom. The van der Waals surface area contributed by atoms with Gasteiger partial charge in [-0.2, -0.15) is 5.06 Å². The Kier molecular flexibility index (Phi) is 3.63. The van der Waals surface area contributed by atoms with E-state index in [9.17, 15) is 14.4 Å². The van der Waals surface area contributed by atoms with Crippen molar-refractivity contribution in [2.24, 2.45) is 11.7 Å². The standard InChI is InChI=1S/C17H15N3O5/c18-12(21)9-19-14(11-7-4-8-24-11)13-15(25-19)17(23)20(16(13)22)10-5-2-1-3-6-10/h1-8,13-15H,9H2,(H2,18,21). The molecule has 2 aliphatic rings. The Labute approximate surface area is 142 Å². The van der Waals surface area contributed by atoms with Gasteiger partial charge in [0.15, 0.2) is 6.10 Å². The number of primary amides is 1. The number of anilines is 1. The minimum absolute atomic E-state index is 0.246. The summed E-state index contributed by atoms with van der Waals surface area (Å²) in [6.07, 6.45) is 0.448. The molecular weight excluding hydrogens is 326 g/mol. The second kappa shape index (κ2) is 5.83. The third-order valence-corrected chi connectivity index (χ3v) is 4.36. The van der Waals surface area contributed by atoms with Gasteiger partial charge in [0.25, 0.3) is 5.91 Å². The molecule has 1 aromatic heterocycles. The average Bonchev–Trinajstić information content (AvgIpc) is 3.26. The molecule has 4 rings (SSSR count). The Balaban J connectivity index is 1.72. The lowest BCUT2D eigenvalue weighted by molar-refractivity contribution is -0.176. The number of benzene rings is 1. The molecule has 0 saturated carbocycles. The molecule has 3 heterocycles. The Morgan fingerprint density at radius 2 is 1.84 bits per heavy atom. The first-order valence-corrected chi connectivity index (χ1v) is 7.76. The van der Waals surface area contributed by atoms with Crippen LogP contribution in [0.15, 0.2) is 53.1 Å². The van der Waals surface area contributed by atoms with E-state index in [2.05, 4.69) is 0 Å². The number of imide groups is 1. The number of nitrogens with zero attached hydrogens (tertiary/aromatic N) is 2. The fraction of sp³-hybridized carbons (Fsp3) is 0.235. The van der Waals surface area contributed by atoms with Crippen LogP contribution in [-0.2, 0) is 19.2 Å². The Hall–Kier alpha value is -2.97. The van der Waals surface area contributed by atoms with E-state index >= 15 is 0 Å². The van der Waals surface area contributed by atoms with Crippen LogP contribution >= 0.6 is 0 Å². The summed E-state index contributed by atoms with van der Waals surface area (Å²) in [4.78, 5) is 43.8. The van der Waals surface area contributed by atoms with Crippen LogP contribution in [0, 0.1) is 5.92 Å². The van der Waals surface area contributed by atoms with Crippen LogP contribution in [0.2, 0.25) is 0 Å². The van der Waals surface area contributed by atoms with Gasteiger partial charge in [-0.1, -0.05) is 18.2 Å². The molecule has 3 amide bonds. The summed E-state index contributed by atoms with van der Waals surface area (Å²) in [6, 6.07) is 11.3. The molecule has 1 aromatic carbocycles. The summed E-state index contributed by atoms with van der Waals surface area (Å²) in [5, 5.41) is 1.26. The van der Waals surface area contributed by atoms with Gasteiger partial charge in [0.2, 0.25) is 11.8 Å². The summed E-state index contributed by atoms with van der Waals surface area (Å²) >= 11 is 0. The van der Waals surface area contributed by atoms with E-state index in [1.54, 1.807) is 42.5 Å². The van der Waals surface area contributed by atoms with Crippen molar-refractivity contribution in [3.63, 3.8) is 0 Å². The number of para-hydroxylation sites is 1. The molecular formula is C17H15N3O5. The van der Waals surface area contributed by atoms with E-state index in [0.29, 0.717) is 11.4 Å². The molecule has 0 radical (unpaired) electrons. The molecule has 2 fully saturated rings. The number of carbonyl (C=O) groups excluding carboxylic acids is 3. The number of rotatable bonds is 4. The number of furan rings is 1. The molecule has 128 valence electrons. The van der Waals surface area contributed by atoms with E-state index < -0.39 is 35.8 Å². The van der Waals surface area contributed by atoms with Crippen molar-refractivity contribution in [2.75, 3.05) is 11.4 Å². The van der Waals surface area contributed by atoms with Gasteiger partial charge in [0, 0.05) is 0 Å². The van der Waals surface area contributed by atoms with E-state index in [1.807, 2.05) is 0 Å². The Morgan fingerprint density at radius 3 is 2.48 bits per heavy atom. The van der Waals surface area contributed by atoms with Crippen molar-refractivity contribution >= 4 is 23.4 Å². The van der Waals surface area contributed by atoms with E-state index in [4.69, 9.17) is 15.0 Å². The van der Waals surface area contributed by atoms with Gasteiger partial charge in [-0.15, -0.1) is 0 Å². The quantitative estimate of drug-likeness (QED) is 0.817. The third kappa shape index (κ3) is 2.43. The van der Waals surface area contributed by atoms with Gasteiger partial charge in [-0.25, -0.2) is 4.90 Å².